The number of amidine groups is 1. The fourth-order valence-corrected chi connectivity index (χ4v) is 4.91. The van der Waals surface area contributed by atoms with Crippen LogP contribution >= 0.6 is 11.8 Å². The smallest absolute Gasteiger partial charge is 0.283 e. The Balaban J connectivity index is 1.66. The maximum Gasteiger partial charge on any atom is 0.283 e. The van der Waals surface area contributed by atoms with Gasteiger partial charge in [0.2, 0.25) is 0 Å². The van der Waals surface area contributed by atoms with Crippen molar-refractivity contribution in [2.45, 2.75) is 19.6 Å². The number of rotatable bonds is 6. The van der Waals surface area contributed by atoms with Crippen molar-refractivity contribution in [2.75, 3.05) is 26.1 Å². The molecule has 0 atom stereocenters. The lowest BCUT2D eigenvalue weighted by molar-refractivity contribution is -0.113. The largest absolute Gasteiger partial charge is 0.497 e. The Morgan fingerprint density at radius 1 is 1.03 bits per heavy atom. The topological polar surface area (TPSA) is 62.2 Å². The van der Waals surface area contributed by atoms with Crippen LogP contribution in [0.5, 0.6) is 5.75 Å². The molecule has 36 heavy (non-hydrogen) atoms. The molecular formula is C29H29N3O3S. The molecule has 2 amide bonds. The zero-order valence-electron chi connectivity index (χ0n) is 21.1. The van der Waals surface area contributed by atoms with Crippen molar-refractivity contribution in [3.63, 3.8) is 0 Å². The van der Waals surface area contributed by atoms with Gasteiger partial charge in [-0.1, -0.05) is 42.1 Å². The average molecular weight is 500 g/mol. The monoisotopic (exact) mass is 499 g/mol. The van der Waals surface area contributed by atoms with Gasteiger partial charge in [-0.2, -0.15) is 0 Å². The van der Waals surface area contributed by atoms with E-state index in [0.717, 1.165) is 33.7 Å². The molecule has 1 heterocycles. The third kappa shape index (κ3) is 5.69. The minimum atomic E-state index is -0.171. The van der Waals surface area contributed by atoms with Crippen molar-refractivity contribution in [1.82, 2.24) is 4.90 Å². The van der Waals surface area contributed by atoms with Crippen molar-refractivity contribution in [3.05, 3.63) is 100 Å². The van der Waals surface area contributed by atoms with E-state index in [0.29, 0.717) is 22.2 Å². The van der Waals surface area contributed by atoms with E-state index in [-0.39, 0.29) is 11.8 Å². The van der Waals surface area contributed by atoms with Crippen molar-refractivity contribution in [3.8, 4) is 5.75 Å². The maximum absolute atomic E-state index is 13.6. The van der Waals surface area contributed by atoms with Gasteiger partial charge in [0.25, 0.3) is 11.8 Å². The standard InChI is InChI=1S/C29H29N3O3S/c1-19-13-20(2)15-24(14-19)32-28(34)26(17-21-9-11-25(35-5)12-10-21)30-29(32)36-18-22-7-6-8-23(16-22)27(33)31(3)4/h6-17H,18H2,1-5H3. The molecule has 0 bridgehead atoms. The van der Waals surface area contributed by atoms with Gasteiger partial charge in [-0.05, 0) is 78.6 Å². The molecule has 3 aromatic carbocycles. The molecule has 1 aliphatic heterocycles. The average Bonchev–Trinajstić information content (AvgIpc) is 3.17. The number of carbonyl (C=O) groups excluding carboxylic acids is 2. The predicted octanol–water partition coefficient (Wildman–Crippen LogP) is 5.69. The number of aryl methyl sites for hydroxylation is 2. The SMILES string of the molecule is COc1ccc(C=C2N=C(SCc3cccc(C(=O)N(C)C)c3)N(c3cc(C)cc(C)c3)C2=O)cc1. The van der Waals surface area contributed by atoms with Crippen molar-refractivity contribution in [1.29, 1.82) is 0 Å². The molecule has 0 N–H and O–H groups in total. The molecule has 0 fully saturated rings. The minimum absolute atomic E-state index is 0.0446. The first kappa shape index (κ1) is 25.3. The van der Waals surface area contributed by atoms with E-state index < -0.39 is 0 Å². The normalized spacial score (nSPS) is 14.2. The highest BCUT2D eigenvalue weighted by Crippen LogP contribution is 2.32. The highest BCUT2D eigenvalue weighted by Gasteiger charge is 2.32. The Morgan fingerprint density at radius 2 is 1.72 bits per heavy atom. The lowest BCUT2D eigenvalue weighted by atomic mass is 10.1. The Morgan fingerprint density at radius 3 is 2.36 bits per heavy atom. The fourth-order valence-electron chi connectivity index (χ4n) is 3.96. The molecule has 0 unspecified atom stereocenters. The molecule has 4 rings (SSSR count). The fraction of sp³-hybridized carbons (Fsp3) is 0.207. The summed E-state index contributed by atoms with van der Waals surface area (Å²) in [4.78, 5) is 33.9. The summed E-state index contributed by atoms with van der Waals surface area (Å²) in [6.07, 6.45) is 1.79. The van der Waals surface area contributed by atoms with Gasteiger partial charge in [-0.25, -0.2) is 4.99 Å². The molecule has 0 radical (unpaired) electrons. The van der Waals surface area contributed by atoms with Crippen molar-refractivity contribution in [2.24, 2.45) is 4.99 Å². The zero-order valence-corrected chi connectivity index (χ0v) is 21.9. The lowest BCUT2D eigenvalue weighted by Gasteiger charge is -2.19. The van der Waals surface area contributed by atoms with E-state index in [9.17, 15) is 9.59 Å². The van der Waals surface area contributed by atoms with Crippen LogP contribution in [0.1, 0.15) is 32.6 Å². The Hall–Kier alpha value is -3.84. The summed E-state index contributed by atoms with van der Waals surface area (Å²) in [5.41, 5.74) is 5.79. The number of carbonyl (C=O) groups is 2. The van der Waals surface area contributed by atoms with Gasteiger partial charge in [0.15, 0.2) is 5.17 Å². The molecule has 7 heteroatoms. The first-order chi connectivity index (χ1) is 17.2. The number of thioether (sulfide) groups is 1. The third-order valence-electron chi connectivity index (χ3n) is 5.66. The summed E-state index contributed by atoms with van der Waals surface area (Å²) in [7, 11) is 5.09. The molecule has 6 nitrogen and oxygen atoms in total. The molecule has 184 valence electrons. The van der Waals surface area contributed by atoms with Gasteiger partial charge in [0.05, 0.1) is 12.8 Å². The van der Waals surface area contributed by atoms with E-state index in [1.165, 1.54) is 11.8 Å². The van der Waals surface area contributed by atoms with Crippen LogP contribution in [0.4, 0.5) is 5.69 Å². The molecule has 0 spiro atoms. The number of hydrogen-bond acceptors (Lipinski definition) is 5. The van der Waals surface area contributed by atoms with E-state index in [1.807, 2.05) is 74.5 Å². The first-order valence-corrected chi connectivity index (χ1v) is 12.5. The predicted molar refractivity (Wildman–Crippen MR) is 148 cm³/mol. The highest BCUT2D eigenvalue weighted by molar-refractivity contribution is 8.13. The first-order valence-electron chi connectivity index (χ1n) is 11.6. The van der Waals surface area contributed by atoms with Crippen LogP contribution in [0, 0.1) is 13.8 Å². The second-order valence-electron chi connectivity index (χ2n) is 8.87. The summed E-state index contributed by atoms with van der Waals surface area (Å²) in [6, 6.07) is 21.1. The number of aliphatic imine (C=N–C) groups is 1. The Kier molecular flexibility index (Phi) is 7.60. The summed E-state index contributed by atoms with van der Waals surface area (Å²) in [6.45, 7) is 4.03. The van der Waals surface area contributed by atoms with Crippen LogP contribution in [-0.2, 0) is 10.5 Å². The van der Waals surface area contributed by atoms with Crippen LogP contribution in [0.25, 0.3) is 6.08 Å². The van der Waals surface area contributed by atoms with Crippen LogP contribution < -0.4 is 9.64 Å². The Bertz CT molecular complexity index is 1340. The number of amides is 2. The van der Waals surface area contributed by atoms with E-state index in [4.69, 9.17) is 9.73 Å². The van der Waals surface area contributed by atoms with Gasteiger partial charge in [0, 0.05) is 25.4 Å². The van der Waals surface area contributed by atoms with Crippen LogP contribution in [0.2, 0.25) is 0 Å². The molecule has 0 saturated heterocycles. The van der Waals surface area contributed by atoms with Gasteiger partial charge in [-0.15, -0.1) is 0 Å². The van der Waals surface area contributed by atoms with Gasteiger partial charge in [0.1, 0.15) is 11.4 Å². The molecule has 3 aromatic rings. The minimum Gasteiger partial charge on any atom is -0.497 e. The van der Waals surface area contributed by atoms with Gasteiger partial charge < -0.3 is 9.64 Å². The number of ether oxygens (including phenoxy) is 1. The number of hydrogen-bond donors (Lipinski definition) is 0. The van der Waals surface area contributed by atoms with Crippen molar-refractivity contribution >= 4 is 40.5 Å². The maximum atomic E-state index is 13.6. The van der Waals surface area contributed by atoms with Crippen LogP contribution in [0.3, 0.4) is 0 Å². The summed E-state index contributed by atoms with van der Waals surface area (Å²) in [5, 5.41) is 0.606. The van der Waals surface area contributed by atoms with E-state index in [2.05, 4.69) is 6.07 Å². The van der Waals surface area contributed by atoms with Gasteiger partial charge >= 0.3 is 0 Å². The number of anilines is 1. The number of benzene rings is 3. The summed E-state index contributed by atoms with van der Waals surface area (Å²) >= 11 is 1.47. The quantitative estimate of drug-likeness (QED) is 0.409. The third-order valence-corrected chi connectivity index (χ3v) is 6.67. The molecule has 0 saturated carbocycles. The summed E-state index contributed by atoms with van der Waals surface area (Å²) < 4.78 is 5.23. The molecule has 0 aromatic heterocycles. The highest BCUT2D eigenvalue weighted by atomic mass is 32.2. The second kappa shape index (κ2) is 10.8. The second-order valence-corrected chi connectivity index (χ2v) is 9.81. The Labute approximate surface area is 216 Å². The van der Waals surface area contributed by atoms with Crippen LogP contribution in [0.15, 0.2) is 77.4 Å². The van der Waals surface area contributed by atoms with E-state index in [1.54, 1.807) is 37.1 Å². The molecular weight excluding hydrogens is 470 g/mol. The summed E-state index contributed by atoms with van der Waals surface area (Å²) in [5.74, 6) is 1.10. The van der Waals surface area contributed by atoms with Crippen molar-refractivity contribution < 1.29 is 14.3 Å². The number of methoxy groups -OCH3 is 1. The zero-order chi connectivity index (χ0) is 25.8. The van der Waals surface area contributed by atoms with Gasteiger partial charge in [-0.3, -0.25) is 14.5 Å². The molecule has 0 aliphatic carbocycles. The van der Waals surface area contributed by atoms with Crippen LogP contribution in [-0.4, -0.2) is 43.1 Å². The molecule has 1 aliphatic rings. The van der Waals surface area contributed by atoms with E-state index >= 15 is 0 Å². The number of nitrogens with zero attached hydrogens (tertiary/aromatic N) is 3. The lowest BCUT2D eigenvalue weighted by Crippen LogP contribution is -2.30.